The maximum atomic E-state index is 13.4. The normalized spacial score (nSPS) is 17.7. The van der Waals surface area contributed by atoms with Gasteiger partial charge in [-0.05, 0) is 79.5 Å². The first kappa shape index (κ1) is 22.9. The first-order valence-electron chi connectivity index (χ1n) is 11.7. The lowest BCUT2D eigenvalue weighted by atomic mass is 9.98. The number of amides is 1. The van der Waals surface area contributed by atoms with Gasteiger partial charge in [0.15, 0.2) is 0 Å². The predicted molar refractivity (Wildman–Crippen MR) is 132 cm³/mol. The van der Waals surface area contributed by atoms with Crippen LogP contribution in [0.3, 0.4) is 0 Å². The number of rotatable bonds is 8. The fourth-order valence-electron chi connectivity index (χ4n) is 4.65. The molecular formula is C27H31FN4O. The minimum Gasteiger partial charge on any atom is -0.343 e. The van der Waals surface area contributed by atoms with Crippen LogP contribution in [-0.4, -0.2) is 43.0 Å². The van der Waals surface area contributed by atoms with Crippen molar-refractivity contribution in [2.24, 2.45) is 10.9 Å². The summed E-state index contributed by atoms with van der Waals surface area (Å²) in [4.78, 5) is 20.8. The molecule has 1 fully saturated rings. The number of carbonyl (C=O) groups excluding carboxylic acids is 1. The van der Waals surface area contributed by atoms with Crippen molar-refractivity contribution in [3.8, 4) is 0 Å². The molecule has 33 heavy (non-hydrogen) atoms. The SMILES string of the molecule is Cc1cc(C2=CN=C2)ccc1N(C=N)CC1CCCN(C(=O)CCc2cccc(F)c2)CC1. The molecule has 6 heteroatoms. The van der Waals surface area contributed by atoms with Crippen molar-refractivity contribution < 1.29 is 9.18 Å². The molecule has 0 radical (unpaired) electrons. The number of anilines is 1. The molecule has 4 rings (SSSR count). The molecule has 0 saturated carbocycles. The summed E-state index contributed by atoms with van der Waals surface area (Å²) in [5, 5.41) is 7.99. The number of likely N-dealkylation sites (tertiary alicyclic amines) is 1. The highest BCUT2D eigenvalue weighted by molar-refractivity contribution is 6.14. The summed E-state index contributed by atoms with van der Waals surface area (Å²) >= 11 is 0. The van der Waals surface area contributed by atoms with Gasteiger partial charge in [-0.15, -0.1) is 0 Å². The Bertz CT molecular complexity index is 1080. The van der Waals surface area contributed by atoms with Gasteiger partial charge in [-0.3, -0.25) is 15.2 Å². The third-order valence-corrected chi connectivity index (χ3v) is 6.59. The maximum Gasteiger partial charge on any atom is 0.222 e. The van der Waals surface area contributed by atoms with Gasteiger partial charge in [-0.1, -0.05) is 18.2 Å². The summed E-state index contributed by atoms with van der Waals surface area (Å²) in [7, 11) is 0. The van der Waals surface area contributed by atoms with E-state index >= 15 is 0 Å². The van der Waals surface area contributed by atoms with E-state index in [-0.39, 0.29) is 11.7 Å². The van der Waals surface area contributed by atoms with Crippen LogP contribution in [0.2, 0.25) is 0 Å². The van der Waals surface area contributed by atoms with Crippen molar-refractivity contribution in [2.75, 3.05) is 24.5 Å². The van der Waals surface area contributed by atoms with E-state index in [9.17, 15) is 9.18 Å². The van der Waals surface area contributed by atoms with Gasteiger partial charge >= 0.3 is 0 Å². The molecule has 1 N–H and O–H groups in total. The second-order valence-electron chi connectivity index (χ2n) is 8.95. The smallest absolute Gasteiger partial charge is 0.222 e. The van der Waals surface area contributed by atoms with Crippen molar-refractivity contribution in [2.45, 2.75) is 39.0 Å². The van der Waals surface area contributed by atoms with Crippen LogP contribution in [0.5, 0.6) is 0 Å². The van der Waals surface area contributed by atoms with Gasteiger partial charge in [0.05, 0.1) is 6.34 Å². The number of carbonyl (C=O) groups is 1. The lowest BCUT2D eigenvalue weighted by molar-refractivity contribution is -0.131. The van der Waals surface area contributed by atoms with Crippen LogP contribution in [0.4, 0.5) is 10.1 Å². The number of nitrogens with one attached hydrogen (secondary N) is 1. The molecule has 2 aliphatic rings. The largest absolute Gasteiger partial charge is 0.343 e. The summed E-state index contributed by atoms with van der Waals surface area (Å²) in [5.41, 5.74) is 5.34. The lowest BCUT2D eigenvalue weighted by Crippen LogP contribution is -2.33. The first-order chi connectivity index (χ1) is 16.0. The monoisotopic (exact) mass is 446 g/mol. The zero-order valence-corrected chi connectivity index (χ0v) is 19.1. The number of nitrogens with zero attached hydrogens (tertiary/aromatic N) is 3. The Hall–Kier alpha value is -3.28. The average Bonchev–Trinajstić information content (AvgIpc) is 3.01. The van der Waals surface area contributed by atoms with Crippen LogP contribution in [-0.2, 0) is 11.2 Å². The van der Waals surface area contributed by atoms with Gasteiger partial charge in [0.2, 0.25) is 5.91 Å². The quantitative estimate of drug-likeness (QED) is 0.446. The average molecular weight is 447 g/mol. The summed E-state index contributed by atoms with van der Waals surface area (Å²) < 4.78 is 13.4. The van der Waals surface area contributed by atoms with E-state index in [2.05, 4.69) is 30.1 Å². The number of aryl methyl sites for hydroxylation is 2. The van der Waals surface area contributed by atoms with Crippen LogP contribution < -0.4 is 4.90 Å². The molecule has 1 atom stereocenters. The second-order valence-corrected chi connectivity index (χ2v) is 8.95. The minimum absolute atomic E-state index is 0.143. The predicted octanol–water partition coefficient (Wildman–Crippen LogP) is 5.23. The summed E-state index contributed by atoms with van der Waals surface area (Å²) in [6.45, 7) is 4.37. The molecule has 2 aliphatic heterocycles. The Morgan fingerprint density at radius 3 is 2.79 bits per heavy atom. The summed E-state index contributed by atoms with van der Waals surface area (Å²) in [5.74, 6) is 0.310. The highest BCUT2D eigenvalue weighted by Gasteiger charge is 2.22. The van der Waals surface area contributed by atoms with E-state index in [1.54, 1.807) is 6.07 Å². The molecule has 2 aromatic carbocycles. The number of aliphatic imine (C=N–C) groups is 1. The zero-order chi connectivity index (χ0) is 23.2. The number of hydrogen-bond acceptors (Lipinski definition) is 3. The Morgan fingerprint density at radius 1 is 1.24 bits per heavy atom. The Kier molecular flexibility index (Phi) is 7.33. The second kappa shape index (κ2) is 10.6. The third-order valence-electron chi connectivity index (χ3n) is 6.59. The van der Waals surface area contributed by atoms with Gasteiger partial charge in [-0.25, -0.2) is 4.39 Å². The molecule has 0 spiro atoms. The van der Waals surface area contributed by atoms with Crippen LogP contribution >= 0.6 is 0 Å². The fraction of sp³-hybridized carbons (Fsp3) is 0.370. The molecule has 0 aliphatic carbocycles. The van der Waals surface area contributed by atoms with Crippen molar-refractivity contribution in [3.63, 3.8) is 0 Å². The molecule has 1 saturated heterocycles. The van der Waals surface area contributed by atoms with E-state index in [0.717, 1.165) is 66.8 Å². The van der Waals surface area contributed by atoms with Gasteiger partial charge in [0.1, 0.15) is 5.82 Å². The molecule has 1 unspecified atom stereocenters. The topological polar surface area (TPSA) is 59.8 Å². The summed E-state index contributed by atoms with van der Waals surface area (Å²) in [6, 6.07) is 12.8. The molecular weight excluding hydrogens is 415 g/mol. The van der Waals surface area contributed by atoms with E-state index in [1.807, 2.05) is 28.3 Å². The standard InChI is InChI=1S/C27H31FN4O/c1-20-14-23(24-16-30-17-24)8-9-26(20)32(19-29)18-22-5-3-12-31(13-11-22)27(33)10-7-21-4-2-6-25(28)15-21/h2,4,6,8-9,14-17,19,22,29H,3,5,7,10-13,18H2,1H3. The van der Waals surface area contributed by atoms with Gasteiger partial charge < -0.3 is 9.80 Å². The van der Waals surface area contributed by atoms with Crippen LogP contribution in [0.15, 0.2) is 53.7 Å². The molecule has 0 aromatic heterocycles. The Morgan fingerprint density at radius 2 is 2.09 bits per heavy atom. The van der Waals surface area contributed by atoms with E-state index in [0.29, 0.717) is 18.8 Å². The maximum absolute atomic E-state index is 13.4. The number of benzene rings is 2. The third kappa shape index (κ3) is 5.75. The highest BCUT2D eigenvalue weighted by atomic mass is 19.1. The van der Waals surface area contributed by atoms with Crippen LogP contribution in [0.1, 0.15) is 42.4 Å². The van der Waals surface area contributed by atoms with Crippen molar-refractivity contribution in [3.05, 3.63) is 71.2 Å². The highest BCUT2D eigenvalue weighted by Crippen LogP contribution is 2.28. The molecule has 2 aromatic rings. The van der Waals surface area contributed by atoms with E-state index in [1.165, 1.54) is 18.5 Å². The molecule has 2 heterocycles. The van der Waals surface area contributed by atoms with Crippen LogP contribution in [0, 0.1) is 24.1 Å². The Balaban J connectivity index is 1.31. The van der Waals surface area contributed by atoms with Crippen molar-refractivity contribution in [1.82, 2.24) is 4.90 Å². The zero-order valence-electron chi connectivity index (χ0n) is 19.1. The first-order valence-corrected chi connectivity index (χ1v) is 11.7. The number of halogens is 1. The lowest BCUT2D eigenvalue weighted by Gasteiger charge is -2.27. The van der Waals surface area contributed by atoms with E-state index in [4.69, 9.17) is 5.41 Å². The molecule has 172 valence electrons. The summed E-state index contributed by atoms with van der Waals surface area (Å²) in [6.07, 6.45) is 9.05. The number of allylic oxidation sites excluding steroid dienone is 1. The number of hydrogen-bond donors (Lipinski definition) is 1. The van der Waals surface area contributed by atoms with Crippen molar-refractivity contribution in [1.29, 1.82) is 5.41 Å². The Labute approximate surface area is 195 Å². The van der Waals surface area contributed by atoms with Crippen molar-refractivity contribution >= 4 is 29.7 Å². The molecule has 0 bridgehead atoms. The van der Waals surface area contributed by atoms with E-state index < -0.39 is 0 Å². The van der Waals surface area contributed by atoms with Gasteiger partial charge in [-0.2, -0.15) is 0 Å². The fourth-order valence-corrected chi connectivity index (χ4v) is 4.65. The molecule has 5 nitrogen and oxygen atoms in total. The minimum atomic E-state index is -0.257. The molecule has 1 amide bonds. The van der Waals surface area contributed by atoms with Gasteiger partial charge in [0, 0.05) is 49.7 Å². The van der Waals surface area contributed by atoms with Crippen LogP contribution in [0.25, 0.3) is 5.57 Å². The van der Waals surface area contributed by atoms with Gasteiger partial charge in [0.25, 0.3) is 0 Å².